The number of rotatable bonds is 6. The lowest BCUT2D eigenvalue weighted by atomic mass is 9.68. The highest BCUT2D eigenvalue weighted by molar-refractivity contribution is 6.11. The predicted molar refractivity (Wildman–Crippen MR) is 126 cm³/mol. The molecule has 0 radical (unpaired) electrons. The smallest absolute Gasteiger partial charge is 0.336 e. The fraction of sp³-hybridized carbons (Fsp3) is 0.143. The van der Waals surface area contributed by atoms with Gasteiger partial charge in [0.05, 0.1) is 0 Å². The number of allylic oxidation sites excluding steroid dienone is 6. The fourth-order valence-corrected chi connectivity index (χ4v) is 4.57. The molecular weight excluding hydrogens is 448 g/mol. The summed E-state index contributed by atoms with van der Waals surface area (Å²) in [6.45, 7) is 0. The van der Waals surface area contributed by atoms with E-state index >= 15 is 0 Å². The Hall–Kier alpha value is -4.52. The minimum Gasteiger partial charge on any atom is -0.480 e. The first-order valence-electron chi connectivity index (χ1n) is 10.9. The zero-order chi connectivity index (χ0) is 25.1. The third-order valence-corrected chi connectivity index (χ3v) is 6.41. The molecule has 7 heteroatoms. The number of carbonyl (C=O) groups excluding carboxylic acids is 2. The molecule has 2 aromatic rings. The first-order chi connectivity index (χ1) is 16.8. The van der Waals surface area contributed by atoms with E-state index in [-0.39, 0.29) is 0 Å². The highest BCUT2D eigenvalue weighted by atomic mass is 16.6. The van der Waals surface area contributed by atoms with Crippen molar-refractivity contribution in [3.05, 3.63) is 120 Å². The third kappa shape index (κ3) is 3.91. The summed E-state index contributed by atoms with van der Waals surface area (Å²) in [5.74, 6) is -7.71. The van der Waals surface area contributed by atoms with Crippen molar-refractivity contribution >= 4 is 23.9 Å². The average Bonchev–Trinajstić information content (AvgIpc) is 2.89. The Labute approximate surface area is 201 Å². The monoisotopic (exact) mass is 470 g/mol. The van der Waals surface area contributed by atoms with Gasteiger partial charge in [-0.15, -0.1) is 0 Å². The summed E-state index contributed by atoms with van der Waals surface area (Å²) in [7, 11) is 0. The summed E-state index contributed by atoms with van der Waals surface area (Å²) >= 11 is 0. The van der Waals surface area contributed by atoms with Gasteiger partial charge in [0.15, 0.2) is 10.8 Å². The zero-order valence-corrected chi connectivity index (χ0v) is 18.5. The maximum Gasteiger partial charge on any atom is 0.336 e. The molecule has 0 amide bonds. The number of esters is 2. The van der Waals surface area contributed by atoms with Crippen LogP contribution in [0.25, 0.3) is 0 Å². The minimum absolute atomic E-state index is 0.524. The summed E-state index contributed by atoms with van der Waals surface area (Å²) in [5.41, 5.74) is -3.48. The number of hydrogen-bond donors (Lipinski definition) is 2. The van der Waals surface area contributed by atoms with E-state index in [1.54, 1.807) is 72.8 Å². The van der Waals surface area contributed by atoms with Crippen molar-refractivity contribution in [1.82, 2.24) is 0 Å². The van der Waals surface area contributed by atoms with Crippen LogP contribution in [0, 0.1) is 10.8 Å². The van der Waals surface area contributed by atoms with Gasteiger partial charge in [-0.05, 0) is 11.1 Å². The second kappa shape index (κ2) is 9.38. The van der Waals surface area contributed by atoms with Crippen molar-refractivity contribution in [1.29, 1.82) is 0 Å². The van der Waals surface area contributed by atoms with E-state index in [1.807, 2.05) is 0 Å². The number of carboxylic acids is 2. The van der Waals surface area contributed by atoms with Crippen molar-refractivity contribution < 1.29 is 34.1 Å². The van der Waals surface area contributed by atoms with Gasteiger partial charge in [0, 0.05) is 11.8 Å². The Bertz CT molecular complexity index is 1170. The number of hydrogen-bond acceptors (Lipinski definition) is 5. The van der Waals surface area contributed by atoms with Gasteiger partial charge in [-0.25, -0.2) is 9.59 Å². The Morgan fingerprint density at radius 2 is 0.971 bits per heavy atom. The Balaban J connectivity index is 1.75. The predicted octanol–water partition coefficient (Wildman–Crippen LogP) is 4.02. The SMILES string of the molecule is O=C(O)C1(C(=O)OC(=O)C2(C(=O)O)C=CC=CC2c2ccccc2)C=CC=CC1c1ccccc1. The van der Waals surface area contributed by atoms with Crippen LogP contribution in [-0.2, 0) is 23.9 Å². The molecule has 0 saturated heterocycles. The average molecular weight is 470 g/mol. The first kappa shape index (κ1) is 23.6. The van der Waals surface area contributed by atoms with E-state index in [0.29, 0.717) is 11.1 Å². The number of carboxylic acid groups (broad SMARTS) is 2. The van der Waals surface area contributed by atoms with Crippen LogP contribution >= 0.6 is 0 Å². The van der Waals surface area contributed by atoms with Crippen LogP contribution in [0.4, 0.5) is 0 Å². The molecule has 0 saturated carbocycles. The molecule has 4 atom stereocenters. The molecule has 0 heterocycles. The second-order valence-corrected chi connectivity index (χ2v) is 8.29. The lowest BCUT2D eigenvalue weighted by Gasteiger charge is -2.35. The van der Waals surface area contributed by atoms with Crippen LogP contribution < -0.4 is 0 Å². The largest absolute Gasteiger partial charge is 0.480 e. The van der Waals surface area contributed by atoms with Crippen molar-refractivity contribution in [3.8, 4) is 0 Å². The van der Waals surface area contributed by atoms with Gasteiger partial charge < -0.3 is 14.9 Å². The summed E-state index contributed by atoms with van der Waals surface area (Å²) in [5, 5.41) is 20.4. The quantitative estimate of drug-likeness (QED) is 0.484. The summed E-state index contributed by atoms with van der Waals surface area (Å²) in [6, 6.07) is 17.0. The molecule has 2 aromatic carbocycles. The van der Waals surface area contributed by atoms with Gasteiger partial charge in [0.25, 0.3) is 0 Å². The minimum atomic E-state index is -2.26. The maximum absolute atomic E-state index is 13.5. The molecule has 7 nitrogen and oxygen atoms in total. The Morgan fingerprint density at radius 1 is 0.600 bits per heavy atom. The Kier molecular flexibility index (Phi) is 6.34. The third-order valence-electron chi connectivity index (χ3n) is 6.41. The molecule has 4 unspecified atom stereocenters. The maximum atomic E-state index is 13.5. The van der Waals surface area contributed by atoms with E-state index < -0.39 is 46.5 Å². The standard InChI is InChI=1S/C28H22O7/c29-23(30)27(17-9-7-15-21(27)19-11-3-1-4-12-19)25(33)35-26(34)28(24(31)32)18-10-8-16-22(28)20-13-5-2-6-14-20/h1-18,21-22H,(H,29,30)(H,31,32). The van der Waals surface area contributed by atoms with E-state index in [1.165, 1.54) is 36.5 Å². The second-order valence-electron chi connectivity index (χ2n) is 8.29. The molecule has 35 heavy (non-hydrogen) atoms. The lowest BCUT2D eigenvalue weighted by Crippen LogP contribution is -2.50. The summed E-state index contributed by atoms with van der Waals surface area (Å²) in [4.78, 5) is 52.0. The van der Waals surface area contributed by atoms with E-state index in [4.69, 9.17) is 4.74 Å². The molecule has 0 bridgehead atoms. The van der Waals surface area contributed by atoms with Crippen molar-refractivity contribution in [2.45, 2.75) is 11.8 Å². The number of benzene rings is 2. The molecule has 2 N–H and O–H groups in total. The highest BCUT2D eigenvalue weighted by Crippen LogP contribution is 2.46. The highest BCUT2D eigenvalue weighted by Gasteiger charge is 2.58. The van der Waals surface area contributed by atoms with Crippen LogP contribution in [0.3, 0.4) is 0 Å². The fourth-order valence-electron chi connectivity index (χ4n) is 4.57. The van der Waals surface area contributed by atoms with Gasteiger partial charge in [0.2, 0.25) is 0 Å². The van der Waals surface area contributed by atoms with Gasteiger partial charge in [-0.3, -0.25) is 9.59 Å². The molecule has 176 valence electrons. The molecule has 0 aromatic heterocycles. The Morgan fingerprint density at radius 3 is 1.31 bits per heavy atom. The van der Waals surface area contributed by atoms with Crippen LogP contribution in [0.2, 0.25) is 0 Å². The van der Waals surface area contributed by atoms with Crippen molar-refractivity contribution in [2.75, 3.05) is 0 Å². The van der Waals surface area contributed by atoms with Gasteiger partial charge in [0.1, 0.15) is 0 Å². The molecule has 0 aliphatic heterocycles. The number of ether oxygens (including phenoxy) is 1. The summed E-state index contributed by atoms with van der Waals surface area (Å²) < 4.78 is 5.15. The molecule has 4 rings (SSSR count). The van der Waals surface area contributed by atoms with Crippen LogP contribution in [0.15, 0.2) is 109 Å². The zero-order valence-electron chi connectivity index (χ0n) is 18.5. The molecule has 0 fully saturated rings. The topological polar surface area (TPSA) is 118 Å². The van der Waals surface area contributed by atoms with Crippen molar-refractivity contribution in [3.63, 3.8) is 0 Å². The van der Waals surface area contributed by atoms with Gasteiger partial charge in [-0.2, -0.15) is 0 Å². The molecule has 2 aliphatic carbocycles. The van der Waals surface area contributed by atoms with Crippen LogP contribution in [0.5, 0.6) is 0 Å². The van der Waals surface area contributed by atoms with Gasteiger partial charge >= 0.3 is 23.9 Å². The summed E-state index contributed by atoms with van der Waals surface area (Å²) in [6.07, 6.45) is 11.4. The molecular formula is C28H22O7. The number of carbonyl (C=O) groups is 4. The van der Waals surface area contributed by atoms with Gasteiger partial charge in [-0.1, -0.05) is 109 Å². The molecule has 2 aliphatic rings. The first-order valence-corrected chi connectivity index (χ1v) is 10.9. The van der Waals surface area contributed by atoms with Crippen LogP contribution in [0.1, 0.15) is 23.0 Å². The van der Waals surface area contributed by atoms with E-state index in [2.05, 4.69) is 0 Å². The van der Waals surface area contributed by atoms with E-state index in [0.717, 1.165) is 0 Å². The number of aliphatic carboxylic acids is 2. The lowest BCUT2D eigenvalue weighted by molar-refractivity contribution is -0.178. The normalized spacial score (nSPS) is 26.7. The van der Waals surface area contributed by atoms with E-state index in [9.17, 15) is 29.4 Å². The van der Waals surface area contributed by atoms with Crippen LogP contribution in [-0.4, -0.2) is 34.1 Å². The molecule has 0 spiro atoms. The van der Waals surface area contributed by atoms with Crippen molar-refractivity contribution in [2.24, 2.45) is 10.8 Å².